The first kappa shape index (κ1) is 10.4. The van der Waals surface area contributed by atoms with Crippen molar-refractivity contribution in [3.8, 4) is 5.75 Å². The first-order valence-corrected chi connectivity index (χ1v) is 4.17. The summed E-state index contributed by atoms with van der Waals surface area (Å²) in [5.41, 5.74) is 4.11. The molecule has 2 N–H and O–H groups in total. The van der Waals surface area contributed by atoms with Crippen molar-refractivity contribution < 1.29 is 22.3 Å². The largest absolute Gasteiger partial charge is 0.469 e. The molecule has 0 fully saturated rings. The number of benzene rings is 1. The Hall–Kier alpha value is -1.17. The molecule has 2 nitrogen and oxygen atoms in total. The van der Waals surface area contributed by atoms with E-state index in [0.717, 1.165) is 12.1 Å². The van der Waals surface area contributed by atoms with Gasteiger partial charge >= 0.3 is 12.0 Å². The first-order chi connectivity index (χ1) is 6.75. The van der Waals surface area contributed by atoms with Gasteiger partial charge in [0.2, 0.25) is 0 Å². The van der Waals surface area contributed by atoms with Crippen LogP contribution < -0.4 is 10.5 Å². The predicted molar refractivity (Wildman–Crippen MR) is 45.3 cm³/mol. The van der Waals surface area contributed by atoms with E-state index in [2.05, 4.69) is 4.74 Å². The molecule has 0 bridgehead atoms. The summed E-state index contributed by atoms with van der Waals surface area (Å²) in [4.78, 5) is 0. The zero-order valence-electron chi connectivity index (χ0n) is 7.03. The van der Waals surface area contributed by atoms with Crippen LogP contribution in [0, 0.1) is 0 Å². The molecule has 15 heavy (non-hydrogen) atoms. The summed E-state index contributed by atoms with van der Waals surface area (Å²) in [6, 6.07) is 1.79. The van der Waals surface area contributed by atoms with Gasteiger partial charge in [-0.15, -0.1) is 0 Å². The first-order valence-electron chi connectivity index (χ1n) is 3.80. The maximum Gasteiger partial charge on any atom is 0.469 e. The van der Waals surface area contributed by atoms with E-state index in [0.29, 0.717) is 0 Å². The Morgan fingerprint density at radius 2 is 1.80 bits per heavy atom. The molecule has 0 aromatic heterocycles. The summed E-state index contributed by atoms with van der Waals surface area (Å²) in [7, 11) is 0. The highest BCUT2D eigenvalue weighted by atomic mass is 35.5. The second-order valence-electron chi connectivity index (χ2n) is 3.07. The fourth-order valence-electron chi connectivity index (χ4n) is 1.30. The van der Waals surface area contributed by atoms with Crippen molar-refractivity contribution >= 4 is 17.3 Å². The second kappa shape index (κ2) is 2.69. The lowest BCUT2D eigenvalue weighted by Crippen LogP contribution is -2.36. The number of hydrogen-bond acceptors (Lipinski definition) is 2. The Morgan fingerprint density at radius 1 is 1.20 bits per heavy atom. The molecule has 0 saturated heterocycles. The third-order valence-electron chi connectivity index (χ3n) is 2.00. The van der Waals surface area contributed by atoms with Crippen LogP contribution in [-0.4, -0.2) is 6.11 Å². The van der Waals surface area contributed by atoms with Crippen LogP contribution in [0.15, 0.2) is 12.1 Å². The molecule has 0 aliphatic carbocycles. The molecule has 1 aromatic rings. The zero-order chi connectivity index (χ0) is 11.4. The van der Waals surface area contributed by atoms with Gasteiger partial charge in [-0.1, -0.05) is 11.6 Å². The lowest BCUT2D eigenvalue weighted by atomic mass is 10.1. The average Bonchev–Trinajstić information content (AvgIpc) is 2.24. The normalized spacial score (nSPS) is 20.9. The van der Waals surface area contributed by atoms with Crippen LogP contribution in [-0.2, 0) is 5.92 Å². The number of fused-ring (bicyclic) bond motifs is 1. The van der Waals surface area contributed by atoms with Crippen molar-refractivity contribution in [3.63, 3.8) is 0 Å². The van der Waals surface area contributed by atoms with Crippen molar-refractivity contribution in [1.82, 2.24) is 0 Å². The van der Waals surface area contributed by atoms with Crippen LogP contribution in [0.1, 0.15) is 5.56 Å². The second-order valence-corrected chi connectivity index (χ2v) is 3.48. The molecule has 0 spiro atoms. The van der Waals surface area contributed by atoms with E-state index in [-0.39, 0.29) is 10.7 Å². The van der Waals surface area contributed by atoms with E-state index < -0.39 is 23.3 Å². The highest BCUT2D eigenvalue weighted by Gasteiger charge is 2.67. The number of alkyl halides is 4. The fraction of sp³-hybridized carbons (Fsp3) is 0.250. The molecule has 1 aromatic carbocycles. The molecule has 7 heteroatoms. The smallest absolute Gasteiger partial charge is 0.426 e. The minimum atomic E-state index is -4.59. The van der Waals surface area contributed by atoms with E-state index in [1.807, 2.05) is 0 Å². The SMILES string of the molecule is Nc1cc(Cl)c2c(c1)C(F)(F)C(F)(F)O2. The Labute approximate surface area is 86.6 Å². The van der Waals surface area contributed by atoms with E-state index in [9.17, 15) is 17.6 Å². The number of halogens is 5. The fourth-order valence-corrected chi connectivity index (χ4v) is 1.57. The molecule has 1 aliphatic heterocycles. The Morgan fingerprint density at radius 3 is 2.40 bits per heavy atom. The van der Waals surface area contributed by atoms with E-state index >= 15 is 0 Å². The van der Waals surface area contributed by atoms with Crippen LogP contribution in [0.5, 0.6) is 5.75 Å². The summed E-state index contributed by atoms with van der Waals surface area (Å²) >= 11 is 5.46. The third kappa shape index (κ3) is 1.24. The number of hydrogen-bond donors (Lipinski definition) is 1. The highest BCUT2D eigenvalue weighted by molar-refractivity contribution is 6.32. The topological polar surface area (TPSA) is 35.2 Å². The number of ether oxygens (including phenoxy) is 1. The summed E-state index contributed by atoms with van der Waals surface area (Å²) < 4.78 is 55.5. The minimum absolute atomic E-state index is 0.125. The van der Waals surface area contributed by atoms with Crippen molar-refractivity contribution in [2.24, 2.45) is 0 Å². The van der Waals surface area contributed by atoms with Crippen molar-refractivity contribution in [1.29, 1.82) is 0 Å². The Bertz CT molecular complexity index is 435. The predicted octanol–water partition coefficient (Wildman–Crippen LogP) is 3.00. The number of rotatable bonds is 0. The quantitative estimate of drug-likeness (QED) is 0.560. The van der Waals surface area contributed by atoms with Gasteiger partial charge in [0.1, 0.15) is 0 Å². The monoisotopic (exact) mass is 241 g/mol. The highest BCUT2D eigenvalue weighted by Crippen LogP contribution is 2.55. The van der Waals surface area contributed by atoms with Gasteiger partial charge in [-0.2, -0.15) is 17.6 Å². The van der Waals surface area contributed by atoms with Crippen molar-refractivity contribution in [2.45, 2.75) is 12.0 Å². The van der Waals surface area contributed by atoms with Crippen LogP contribution in [0.2, 0.25) is 5.02 Å². The van der Waals surface area contributed by atoms with Crippen LogP contribution >= 0.6 is 11.6 Å². The van der Waals surface area contributed by atoms with Gasteiger partial charge < -0.3 is 10.5 Å². The van der Waals surface area contributed by atoms with Gasteiger partial charge in [0.15, 0.2) is 5.75 Å². The van der Waals surface area contributed by atoms with Crippen LogP contribution in [0.3, 0.4) is 0 Å². The molecule has 0 atom stereocenters. The molecular weight excluding hydrogens is 238 g/mol. The van der Waals surface area contributed by atoms with Crippen molar-refractivity contribution in [2.75, 3.05) is 5.73 Å². The zero-order valence-corrected chi connectivity index (χ0v) is 7.79. The van der Waals surface area contributed by atoms with Gasteiger partial charge in [0, 0.05) is 5.69 Å². The third-order valence-corrected chi connectivity index (χ3v) is 2.28. The summed E-state index contributed by atoms with van der Waals surface area (Å²) in [6.45, 7) is 0. The van der Waals surface area contributed by atoms with E-state index in [1.165, 1.54) is 0 Å². The number of anilines is 1. The van der Waals surface area contributed by atoms with Crippen molar-refractivity contribution in [3.05, 3.63) is 22.7 Å². The molecule has 0 saturated carbocycles. The summed E-state index contributed by atoms with van der Waals surface area (Å²) in [5, 5.41) is -0.359. The van der Waals surface area contributed by atoms with Gasteiger partial charge in [-0.05, 0) is 12.1 Å². The molecule has 2 rings (SSSR count). The molecule has 0 amide bonds. The number of nitrogen functional groups attached to an aromatic ring is 1. The molecule has 82 valence electrons. The lowest BCUT2D eigenvalue weighted by molar-refractivity contribution is -0.296. The Kier molecular flexibility index (Phi) is 1.86. The molecule has 1 heterocycles. The molecule has 0 unspecified atom stereocenters. The maximum absolute atomic E-state index is 13.1. The van der Waals surface area contributed by atoms with Gasteiger partial charge in [0.05, 0.1) is 10.6 Å². The molecule has 0 radical (unpaired) electrons. The standard InChI is InChI=1S/C8H4ClF4NO/c9-5-2-3(14)1-4-6(5)15-8(12,13)7(4,10)11/h1-2H,14H2. The van der Waals surface area contributed by atoms with Crippen LogP contribution in [0.4, 0.5) is 23.2 Å². The van der Waals surface area contributed by atoms with Gasteiger partial charge in [-0.25, -0.2) is 0 Å². The van der Waals surface area contributed by atoms with Crippen LogP contribution in [0.25, 0.3) is 0 Å². The van der Waals surface area contributed by atoms with E-state index in [4.69, 9.17) is 17.3 Å². The maximum atomic E-state index is 13.1. The molecule has 1 aliphatic rings. The lowest BCUT2D eigenvalue weighted by Gasteiger charge is -2.15. The Balaban J connectivity index is 2.69. The van der Waals surface area contributed by atoms with E-state index in [1.54, 1.807) is 0 Å². The summed E-state index contributed by atoms with van der Waals surface area (Å²) in [5.74, 6) is -5.14. The van der Waals surface area contributed by atoms with Gasteiger partial charge in [0.25, 0.3) is 0 Å². The summed E-state index contributed by atoms with van der Waals surface area (Å²) in [6.07, 6.45) is -4.59. The minimum Gasteiger partial charge on any atom is -0.426 e. The molecular formula is C8H4ClF4NO. The average molecular weight is 242 g/mol. The van der Waals surface area contributed by atoms with Gasteiger partial charge in [-0.3, -0.25) is 0 Å². The number of nitrogens with two attached hydrogens (primary N) is 1.